The Morgan fingerprint density at radius 2 is 1.72 bits per heavy atom. The Hall–Kier alpha value is -2.40. The minimum atomic E-state index is -0.251. The Morgan fingerprint density at radius 1 is 1.00 bits per heavy atom. The Labute approximate surface area is 150 Å². The van der Waals surface area contributed by atoms with Crippen molar-refractivity contribution in [3.8, 4) is 0 Å². The number of amides is 1. The van der Waals surface area contributed by atoms with Crippen LogP contribution < -0.4 is 4.90 Å². The van der Waals surface area contributed by atoms with Gasteiger partial charge in [-0.1, -0.05) is 24.3 Å². The largest absolute Gasteiger partial charge is 0.368 e. The molecule has 0 aliphatic carbocycles. The maximum absolute atomic E-state index is 14.1. The van der Waals surface area contributed by atoms with E-state index in [0.717, 1.165) is 23.4 Å². The van der Waals surface area contributed by atoms with E-state index in [1.807, 2.05) is 36.1 Å². The second-order valence-corrected chi connectivity index (χ2v) is 7.34. The zero-order chi connectivity index (χ0) is 17.4. The first-order valence-corrected chi connectivity index (χ1v) is 9.23. The first-order chi connectivity index (χ1) is 12.1. The molecule has 3 aromatic rings. The summed E-state index contributed by atoms with van der Waals surface area (Å²) in [6.45, 7) is 4.84. The summed E-state index contributed by atoms with van der Waals surface area (Å²) in [5.74, 6) is -0.231. The molecular formula is C20H19FN2OS. The van der Waals surface area contributed by atoms with Crippen molar-refractivity contribution in [2.45, 2.75) is 6.92 Å². The normalized spacial score (nSPS) is 15.0. The van der Waals surface area contributed by atoms with Gasteiger partial charge in [0.1, 0.15) is 5.82 Å². The van der Waals surface area contributed by atoms with Crippen LogP contribution in [0.1, 0.15) is 15.2 Å². The lowest BCUT2D eigenvalue weighted by Gasteiger charge is -2.36. The summed E-state index contributed by atoms with van der Waals surface area (Å²) < 4.78 is 14.9. The highest BCUT2D eigenvalue weighted by Gasteiger charge is 2.26. The first-order valence-electron chi connectivity index (χ1n) is 8.42. The molecule has 0 bridgehead atoms. The number of hydrogen-bond donors (Lipinski definition) is 0. The molecule has 0 unspecified atom stereocenters. The monoisotopic (exact) mass is 354 g/mol. The van der Waals surface area contributed by atoms with Crippen molar-refractivity contribution in [3.05, 3.63) is 64.8 Å². The lowest BCUT2D eigenvalue weighted by atomic mass is 10.1. The van der Waals surface area contributed by atoms with E-state index < -0.39 is 0 Å². The zero-order valence-corrected chi connectivity index (χ0v) is 14.9. The minimum Gasteiger partial charge on any atom is -0.368 e. The molecule has 0 N–H and O–H groups in total. The molecule has 25 heavy (non-hydrogen) atoms. The molecule has 1 amide bonds. The summed E-state index contributed by atoms with van der Waals surface area (Å²) in [6.07, 6.45) is 0. The van der Waals surface area contributed by atoms with Gasteiger partial charge in [-0.05, 0) is 36.8 Å². The number of fused-ring (bicyclic) bond motifs is 1. The Bertz CT molecular complexity index is 914. The van der Waals surface area contributed by atoms with Crippen LogP contribution in [0.4, 0.5) is 10.1 Å². The summed E-state index contributed by atoms with van der Waals surface area (Å²) in [5, 5.41) is 0.582. The molecule has 128 valence electrons. The number of aryl methyl sites for hydroxylation is 1. The highest BCUT2D eigenvalue weighted by molar-refractivity contribution is 7.21. The number of halogens is 1. The van der Waals surface area contributed by atoms with Crippen LogP contribution in [0.2, 0.25) is 0 Å². The van der Waals surface area contributed by atoms with Crippen LogP contribution in [0, 0.1) is 12.7 Å². The average molecular weight is 354 g/mol. The van der Waals surface area contributed by atoms with E-state index in [4.69, 9.17) is 0 Å². The number of hydrogen-bond acceptors (Lipinski definition) is 3. The van der Waals surface area contributed by atoms with E-state index in [2.05, 4.69) is 17.0 Å². The Kier molecular flexibility index (Phi) is 4.17. The van der Waals surface area contributed by atoms with E-state index >= 15 is 0 Å². The van der Waals surface area contributed by atoms with E-state index in [-0.39, 0.29) is 11.7 Å². The highest BCUT2D eigenvalue weighted by Crippen LogP contribution is 2.33. The third kappa shape index (κ3) is 2.89. The highest BCUT2D eigenvalue weighted by atomic mass is 32.1. The maximum atomic E-state index is 14.1. The van der Waals surface area contributed by atoms with Crippen molar-refractivity contribution in [2.75, 3.05) is 31.1 Å². The lowest BCUT2D eigenvalue weighted by molar-refractivity contribution is 0.0751. The first kappa shape index (κ1) is 16.1. The van der Waals surface area contributed by atoms with E-state index in [0.29, 0.717) is 23.4 Å². The van der Waals surface area contributed by atoms with Gasteiger partial charge in [-0.25, -0.2) is 4.39 Å². The molecule has 0 saturated carbocycles. The van der Waals surface area contributed by atoms with Crippen LogP contribution in [0.15, 0.2) is 48.5 Å². The molecule has 2 heterocycles. The van der Waals surface area contributed by atoms with E-state index in [1.165, 1.54) is 23.1 Å². The summed E-state index contributed by atoms with van der Waals surface area (Å²) in [7, 11) is 0. The molecule has 1 saturated heterocycles. The van der Waals surface area contributed by atoms with Crippen LogP contribution in [0.5, 0.6) is 0 Å². The van der Waals surface area contributed by atoms with Crippen LogP contribution in [-0.2, 0) is 0 Å². The number of benzene rings is 2. The molecule has 1 fully saturated rings. The van der Waals surface area contributed by atoms with Gasteiger partial charge in [0.15, 0.2) is 0 Å². The van der Waals surface area contributed by atoms with Crippen LogP contribution in [0.25, 0.3) is 10.1 Å². The fourth-order valence-electron chi connectivity index (χ4n) is 3.41. The molecule has 0 spiro atoms. The van der Waals surface area contributed by atoms with Gasteiger partial charge in [0.05, 0.1) is 4.88 Å². The van der Waals surface area contributed by atoms with Crippen molar-refractivity contribution in [2.24, 2.45) is 0 Å². The molecule has 1 aromatic heterocycles. The number of piperazine rings is 1. The summed E-state index contributed by atoms with van der Waals surface area (Å²) in [4.78, 5) is 17.8. The number of nitrogens with zero attached hydrogens (tertiary/aromatic N) is 2. The molecular weight excluding hydrogens is 335 g/mol. The van der Waals surface area contributed by atoms with Crippen LogP contribution in [0.3, 0.4) is 0 Å². The van der Waals surface area contributed by atoms with Gasteiger partial charge in [0, 0.05) is 42.0 Å². The van der Waals surface area contributed by atoms with Crippen molar-refractivity contribution in [1.82, 2.24) is 4.90 Å². The van der Waals surface area contributed by atoms with E-state index in [9.17, 15) is 9.18 Å². The molecule has 3 nitrogen and oxygen atoms in total. The van der Waals surface area contributed by atoms with Gasteiger partial charge in [-0.3, -0.25) is 4.79 Å². The number of thiophene rings is 1. The fourth-order valence-corrected chi connectivity index (χ4v) is 4.60. The number of carbonyl (C=O) groups excluding carboxylic acids is 1. The van der Waals surface area contributed by atoms with E-state index in [1.54, 1.807) is 6.07 Å². The Morgan fingerprint density at radius 3 is 2.40 bits per heavy atom. The predicted molar refractivity (Wildman–Crippen MR) is 101 cm³/mol. The Balaban J connectivity index is 1.53. The summed E-state index contributed by atoms with van der Waals surface area (Å²) >= 11 is 1.39. The van der Waals surface area contributed by atoms with Gasteiger partial charge in [0.2, 0.25) is 0 Å². The van der Waals surface area contributed by atoms with Crippen molar-refractivity contribution in [1.29, 1.82) is 0 Å². The maximum Gasteiger partial charge on any atom is 0.264 e. The molecule has 4 rings (SSSR count). The second-order valence-electron chi connectivity index (χ2n) is 6.28. The summed E-state index contributed by atoms with van der Waals surface area (Å²) in [5.41, 5.74) is 1.95. The van der Waals surface area contributed by atoms with Gasteiger partial charge in [0.25, 0.3) is 5.91 Å². The van der Waals surface area contributed by atoms with Crippen LogP contribution in [-0.4, -0.2) is 37.0 Å². The minimum absolute atomic E-state index is 0.0193. The van der Waals surface area contributed by atoms with Crippen molar-refractivity contribution < 1.29 is 9.18 Å². The standard InChI is InChI=1S/C20H19FN2OS/c1-14-18-16(21)8-5-9-17(18)25-19(14)20(24)23-12-10-22(11-13-23)15-6-3-2-4-7-15/h2-9H,10-13H2,1H3. The van der Waals surface area contributed by atoms with Crippen molar-refractivity contribution in [3.63, 3.8) is 0 Å². The number of para-hydroxylation sites is 1. The fraction of sp³-hybridized carbons (Fsp3) is 0.250. The molecule has 1 aliphatic heterocycles. The third-order valence-corrected chi connectivity index (χ3v) is 6.03. The molecule has 5 heteroatoms. The third-order valence-electron chi connectivity index (χ3n) is 4.79. The smallest absolute Gasteiger partial charge is 0.264 e. The molecule has 1 aliphatic rings. The zero-order valence-electron chi connectivity index (χ0n) is 14.0. The number of carbonyl (C=O) groups is 1. The molecule has 0 radical (unpaired) electrons. The summed E-state index contributed by atoms with van der Waals surface area (Å²) in [6, 6.07) is 15.3. The lowest BCUT2D eigenvalue weighted by Crippen LogP contribution is -2.48. The molecule has 0 atom stereocenters. The SMILES string of the molecule is Cc1c(C(=O)N2CCN(c3ccccc3)CC2)sc2cccc(F)c12. The topological polar surface area (TPSA) is 23.6 Å². The molecule has 2 aromatic carbocycles. The van der Waals surface area contributed by atoms with Gasteiger partial charge in [-0.15, -0.1) is 11.3 Å². The number of rotatable bonds is 2. The second kappa shape index (κ2) is 6.48. The number of anilines is 1. The van der Waals surface area contributed by atoms with Gasteiger partial charge < -0.3 is 9.80 Å². The average Bonchev–Trinajstić information content (AvgIpc) is 3.00. The van der Waals surface area contributed by atoms with Crippen molar-refractivity contribution >= 4 is 33.0 Å². The van der Waals surface area contributed by atoms with Gasteiger partial charge in [-0.2, -0.15) is 0 Å². The van der Waals surface area contributed by atoms with Crippen LogP contribution >= 0.6 is 11.3 Å². The van der Waals surface area contributed by atoms with Gasteiger partial charge >= 0.3 is 0 Å². The quantitative estimate of drug-likeness (QED) is 0.685. The predicted octanol–water partition coefficient (Wildman–Crippen LogP) is 4.31.